The minimum absolute atomic E-state index is 0.389. The van der Waals surface area contributed by atoms with E-state index in [0.717, 1.165) is 11.3 Å². The second kappa shape index (κ2) is 5.69. The summed E-state index contributed by atoms with van der Waals surface area (Å²) < 4.78 is 7.20. The van der Waals surface area contributed by atoms with Gasteiger partial charge < -0.3 is 4.74 Å². The van der Waals surface area contributed by atoms with Crippen LogP contribution in [-0.2, 0) is 6.42 Å². The van der Waals surface area contributed by atoms with Crippen LogP contribution in [0.2, 0.25) is 10.3 Å². The summed E-state index contributed by atoms with van der Waals surface area (Å²) in [4.78, 5) is 4.25. The molecule has 0 fully saturated rings. The molecule has 20 heavy (non-hydrogen) atoms. The lowest BCUT2D eigenvalue weighted by atomic mass is 10.2. The summed E-state index contributed by atoms with van der Waals surface area (Å²) in [7, 11) is 0. The molecule has 3 rings (SSSR count). The molecule has 3 aromatic rings. The summed E-state index contributed by atoms with van der Waals surface area (Å²) in [5, 5.41) is 4.97. The number of nitrogens with zero attached hydrogens (tertiary/aromatic N) is 3. The molecule has 0 aliphatic rings. The van der Waals surface area contributed by atoms with E-state index >= 15 is 0 Å². The Bertz CT molecular complexity index is 728. The lowest BCUT2D eigenvalue weighted by molar-refractivity contribution is 0.321. The Kier molecular flexibility index (Phi) is 3.76. The van der Waals surface area contributed by atoms with Gasteiger partial charge in [0.05, 0.1) is 12.8 Å². The Morgan fingerprint density at radius 3 is 2.70 bits per heavy atom. The van der Waals surface area contributed by atoms with Gasteiger partial charge in [-0.3, -0.25) is 0 Å². The average molecular weight is 308 g/mol. The predicted octanol–water partition coefficient (Wildman–Crippen LogP) is 3.66. The van der Waals surface area contributed by atoms with Crippen LogP contribution in [0.15, 0.2) is 42.6 Å². The summed E-state index contributed by atoms with van der Waals surface area (Å²) in [6, 6.07) is 11.3. The molecule has 0 bridgehead atoms. The molecule has 4 nitrogen and oxygen atoms in total. The van der Waals surface area contributed by atoms with E-state index in [0.29, 0.717) is 29.0 Å². The molecule has 0 spiro atoms. The molecule has 0 unspecified atom stereocenters. The lowest BCUT2D eigenvalue weighted by Crippen LogP contribution is -2.06. The monoisotopic (exact) mass is 307 g/mol. The fraction of sp³-hybridized carbons (Fsp3) is 0.143. The Morgan fingerprint density at radius 1 is 1.10 bits per heavy atom. The van der Waals surface area contributed by atoms with Crippen LogP contribution >= 0.6 is 23.2 Å². The highest BCUT2D eigenvalue weighted by Gasteiger charge is 2.13. The third-order valence-corrected chi connectivity index (χ3v) is 3.58. The third kappa shape index (κ3) is 2.57. The van der Waals surface area contributed by atoms with Crippen LogP contribution in [0.1, 0.15) is 5.56 Å². The van der Waals surface area contributed by atoms with Gasteiger partial charge in [-0.1, -0.05) is 41.4 Å². The van der Waals surface area contributed by atoms with Crippen LogP contribution in [0.4, 0.5) is 0 Å². The van der Waals surface area contributed by atoms with E-state index < -0.39 is 0 Å². The minimum atomic E-state index is 0.389. The highest BCUT2D eigenvalue weighted by Crippen LogP contribution is 2.24. The SMILES string of the molecule is Clc1nc2ccnn2c(Cl)c1CCOc1ccccc1. The molecule has 1 aromatic carbocycles. The van der Waals surface area contributed by atoms with E-state index in [1.807, 2.05) is 30.3 Å². The molecule has 0 aliphatic heterocycles. The van der Waals surface area contributed by atoms with Crippen molar-refractivity contribution in [1.82, 2.24) is 14.6 Å². The predicted molar refractivity (Wildman–Crippen MR) is 78.6 cm³/mol. The van der Waals surface area contributed by atoms with Crippen LogP contribution in [-0.4, -0.2) is 21.2 Å². The first-order chi connectivity index (χ1) is 9.75. The summed E-state index contributed by atoms with van der Waals surface area (Å²) in [6.07, 6.45) is 2.20. The molecular weight excluding hydrogens is 297 g/mol. The molecule has 6 heteroatoms. The second-order valence-corrected chi connectivity index (χ2v) is 4.90. The zero-order chi connectivity index (χ0) is 13.9. The third-order valence-electron chi connectivity index (χ3n) is 2.88. The largest absolute Gasteiger partial charge is 0.493 e. The number of halogens is 2. The minimum Gasteiger partial charge on any atom is -0.493 e. The normalized spacial score (nSPS) is 10.9. The van der Waals surface area contributed by atoms with Crippen LogP contribution in [0.3, 0.4) is 0 Å². The number of para-hydroxylation sites is 1. The first-order valence-electron chi connectivity index (χ1n) is 6.11. The van der Waals surface area contributed by atoms with Gasteiger partial charge in [0.15, 0.2) is 5.65 Å². The number of hydrogen-bond acceptors (Lipinski definition) is 3. The van der Waals surface area contributed by atoms with Crippen molar-refractivity contribution in [1.29, 1.82) is 0 Å². The van der Waals surface area contributed by atoms with Gasteiger partial charge in [-0.15, -0.1) is 0 Å². The smallest absolute Gasteiger partial charge is 0.158 e. The van der Waals surface area contributed by atoms with Crippen molar-refractivity contribution in [2.24, 2.45) is 0 Å². The fourth-order valence-electron chi connectivity index (χ4n) is 1.91. The maximum atomic E-state index is 6.29. The fourth-order valence-corrected chi connectivity index (χ4v) is 2.54. The Balaban J connectivity index is 1.77. The van der Waals surface area contributed by atoms with Crippen molar-refractivity contribution in [2.45, 2.75) is 6.42 Å². The molecule has 2 heterocycles. The van der Waals surface area contributed by atoms with Gasteiger partial charge in [-0.05, 0) is 12.1 Å². The van der Waals surface area contributed by atoms with E-state index in [-0.39, 0.29) is 0 Å². The molecule has 0 radical (unpaired) electrons. The first-order valence-corrected chi connectivity index (χ1v) is 6.87. The van der Waals surface area contributed by atoms with Crippen molar-refractivity contribution in [3.63, 3.8) is 0 Å². The van der Waals surface area contributed by atoms with Gasteiger partial charge in [-0.25, -0.2) is 9.50 Å². The van der Waals surface area contributed by atoms with Crippen molar-refractivity contribution < 1.29 is 4.74 Å². The maximum Gasteiger partial charge on any atom is 0.158 e. The van der Waals surface area contributed by atoms with E-state index in [1.165, 1.54) is 0 Å². The van der Waals surface area contributed by atoms with Gasteiger partial charge in [0.25, 0.3) is 0 Å². The quantitative estimate of drug-likeness (QED) is 0.691. The first kappa shape index (κ1) is 13.2. The van der Waals surface area contributed by atoms with Crippen LogP contribution < -0.4 is 4.74 Å². The molecule has 102 valence electrons. The van der Waals surface area contributed by atoms with E-state index in [4.69, 9.17) is 27.9 Å². The number of rotatable bonds is 4. The highest BCUT2D eigenvalue weighted by atomic mass is 35.5. The van der Waals surface area contributed by atoms with Gasteiger partial charge in [0, 0.05) is 18.1 Å². The topological polar surface area (TPSA) is 39.4 Å². The molecule has 0 atom stereocenters. The van der Waals surface area contributed by atoms with Crippen molar-refractivity contribution in [3.8, 4) is 5.75 Å². The zero-order valence-electron chi connectivity index (χ0n) is 10.5. The van der Waals surface area contributed by atoms with Crippen LogP contribution in [0.5, 0.6) is 5.75 Å². The summed E-state index contributed by atoms with van der Waals surface area (Å²) in [6.45, 7) is 0.470. The van der Waals surface area contributed by atoms with Gasteiger partial charge in [0.1, 0.15) is 16.1 Å². The molecular formula is C14H11Cl2N3O. The van der Waals surface area contributed by atoms with E-state index in [9.17, 15) is 0 Å². The standard InChI is InChI=1S/C14H11Cl2N3O/c15-13-11(7-9-20-10-4-2-1-3-5-10)14(16)19-12(18-13)6-8-17-19/h1-6,8H,7,9H2. The van der Waals surface area contributed by atoms with Crippen LogP contribution in [0, 0.1) is 0 Å². The van der Waals surface area contributed by atoms with Crippen LogP contribution in [0.25, 0.3) is 5.65 Å². The van der Waals surface area contributed by atoms with Crippen molar-refractivity contribution >= 4 is 28.8 Å². The lowest BCUT2D eigenvalue weighted by Gasteiger charge is -2.09. The number of hydrogen-bond donors (Lipinski definition) is 0. The Morgan fingerprint density at radius 2 is 1.90 bits per heavy atom. The number of fused-ring (bicyclic) bond motifs is 1. The van der Waals surface area contributed by atoms with E-state index in [1.54, 1.807) is 16.8 Å². The summed E-state index contributed by atoms with van der Waals surface area (Å²) in [5.41, 5.74) is 1.37. The molecule has 0 saturated carbocycles. The zero-order valence-corrected chi connectivity index (χ0v) is 12.0. The molecule has 0 amide bonds. The Labute approximate surface area is 125 Å². The van der Waals surface area contributed by atoms with Gasteiger partial charge >= 0.3 is 0 Å². The molecule has 0 aliphatic carbocycles. The van der Waals surface area contributed by atoms with Gasteiger partial charge in [-0.2, -0.15) is 5.10 Å². The number of benzene rings is 1. The van der Waals surface area contributed by atoms with Crippen molar-refractivity contribution in [2.75, 3.05) is 6.61 Å². The molecule has 0 N–H and O–H groups in total. The van der Waals surface area contributed by atoms with E-state index in [2.05, 4.69) is 10.1 Å². The highest BCUT2D eigenvalue weighted by molar-refractivity contribution is 6.34. The second-order valence-electron chi connectivity index (χ2n) is 4.18. The summed E-state index contributed by atoms with van der Waals surface area (Å²) in [5.74, 6) is 0.813. The van der Waals surface area contributed by atoms with Crippen molar-refractivity contribution in [3.05, 3.63) is 58.5 Å². The maximum absolute atomic E-state index is 6.29. The molecule has 2 aromatic heterocycles. The summed E-state index contributed by atoms with van der Waals surface area (Å²) >= 11 is 12.4. The number of ether oxygens (including phenoxy) is 1. The van der Waals surface area contributed by atoms with Gasteiger partial charge in [0.2, 0.25) is 0 Å². The molecule has 0 saturated heterocycles. The number of aromatic nitrogens is 3. The Hall–Kier alpha value is -1.78. The average Bonchev–Trinajstić information content (AvgIpc) is 2.92.